The summed E-state index contributed by atoms with van der Waals surface area (Å²) >= 11 is 3.31. The van der Waals surface area contributed by atoms with Crippen LogP contribution in [0.15, 0.2) is 34.8 Å². The number of aryl methyl sites for hydroxylation is 1. The molecule has 0 fully saturated rings. The van der Waals surface area contributed by atoms with Crippen LogP contribution in [-0.4, -0.2) is 36.6 Å². The number of hydrogen-bond acceptors (Lipinski definition) is 4. The van der Waals surface area contributed by atoms with E-state index < -0.39 is 5.97 Å². The summed E-state index contributed by atoms with van der Waals surface area (Å²) in [5.74, 6) is -0.710. The van der Waals surface area contributed by atoms with E-state index in [0.717, 1.165) is 28.8 Å². The van der Waals surface area contributed by atoms with Crippen molar-refractivity contribution in [3.05, 3.63) is 57.3 Å². The molecule has 0 spiro atoms. The molecule has 0 amide bonds. The minimum atomic E-state index is -0.511. The number of halogens is 1. The van der Waals surface area contributed by atoms with Gasteiger partial charge in [0.1, 0.15) is 0 Å². The highest BCUT2D eigenvalue weighted by Crippen LogP contribution is 2.17. The number of ketones is 1. The Balaban J connectivity index is 2.01. The number of ether oxygens (including phenoxy) is 2. The summed E-state index contributed by atoms with van der Waals surface area (Å²) in [5, 5.41) is 0. The summed E-state index contributed by atoms with van der Waals surface area (Å²) in [6.45, 7) is 5.06. The lowest BCUT2D eigenvalue weighted by atomic mass is 10.1. The standard InChI is InChI=1S/C19H22BrNO4/c1-13-10-17(14(2)21(13)8-5-9-24-3)18(22)12-25-19(23)15-6-4-7-16(20)11-15/h4,6-7,10-11H,5,8-9,12H2,1-3H3. The maximum atomic E-state index is 12.4. The molecule has 0 unspecified atom stereocenters. The van der Waals surface area contributed by atoms with Gasteiger partial charge in [0.05, 0.1) is 5.56 Å². The Kier molecular flexibility index (Phi) is 6.96. The molecule has 134 valence electrons. The van der Waals surface area contributed by atoms with E-state index in [4.69, 9.17) is 9.47 Å². The summed E-state index contributed by atoms with van der Waals surface area (Å²) in [6, 6.07) is 8.72. The van der Waals surface area contributed by atoms with Gasteiger partial charge in [0.15, 0.2) is 6.61 Å². The highest BCUT2D eigenvalue weighted by atomic mass is 79.9. The fourth-order valence-electron chi connectivity index (χ4n) is 2.70. The third-order valence-corrected chi connectivity index (χ3v) is 4.49. The van der Waals surface area contributed by atoms with Crippen LogP contribution >= 0.6 is 15.9 Å². The van der Waals surface area contributed by atoms with Crippen molar-refractivity contribution in [1.82, 2.24) is 4.57 Å². The van der Waals surface area contributed by atoms with Crippen molar-refractivity contribution >= 4 is 27.7 Å². The number of benzene rings is 1. The molecular weight excluding hydrogens is 386 g/mol. The van der Waals surface area contributed by atoms with Gasteiger partial charge < -0.3 is 14.0 Å². The summed E-state index contributed by atoms with van der Waals surface area (Å²) < 4.78 is 13.1. The summed E-state index contributed by atoms with van der Waals surface area (Å²) in [4.78, 5) is 24.5. The molecule has 0 saturated carbocycles. The second-order valence-electron chi connectivity index (χ2n) is 5.79. The van der Waals surface area contributed by atoms with Crippen LogP contribution in [0.1, 0.15) is 38.5 Å². The van der Waals surface area contributed by atoms with Crippen molar-refractivity contribution in [2.45, 2.75) is 26.8 Å². The third kappa shape index (κ3) is 5.03. The number of carbonyl (C=O) groups excluding carboxylic acids is 2. The molecule has 0 N–H and O–H groups in total. The van der Waals surface area contributed by atoms with Crippen molar-refractivity contribution in [2.24, 2.45) is 0 Å². The normalized spacial score (nSPS) is 10.7. The van der Waals surface area contributed by atoms with E-state index in [1.807, 2.05) is 26.0 Å². The van der Waals surface area contributed by atoms with Crippen LogP contribution in [0, 0.1) is 13.8 Å². The molecule has 0 aliphatic heterocycles. The van der Waals surface area contributed by atoms with Gasteiger partial charge in [-0.1, -0.05) is 22.0 Å². The number of aromatic nitrogens is 1. The average Bonchev–Trinajstić information content (AvgIpc) is 2.87. The number of hydrogen-bond donors (Lipinski definition) is 0. The molecule has 0 saturated heterocycles. The zero-order valence-electron chi connectivity index (χ0n) is 14.7. The lowest BCUT2D eigenvalue weighted by Gasteiger charge is -2.09. The largest absolute Gasteiger partial charge is 0.454 e. The minimum Gasteiger partial charge on any atom is -0.454 e. The van der Waals surface area contributed by atoms with E-state index >= 15 is 0 Å². The van der Waals surface area contributed by atoms with Crippen LogP contribution in [0.3, 0.4) is 0 Å². The van der Waals surface area contributed by atoms with Crippen LogP contribution in [0.25, 0.3) is 0 Å². The summed E-state index contributed by atoms with van der Waals surface area (Å²) in [5.41, 5.74) is 2.90. The lowest BCUT2D eigenvalue weighted by Crippen LogP contribution is -2.15. The smallest absolute Gasteiger partial charge is 0.338 e. The molecule has 0 atom stereocenters. The average molecular weight is 408 g/mol. The Morgan fingerprint density at radius 2 is 1.96 bits per heavy atom. The van der Waals surface area contributed by atoms with Gasteiger partial charge in [0.2, 0.25) is 5.78 Å². The monoisotopic (exact) mass is 407 g/mol. The Morgan fingerprint density at radius 1 is 1.20 bits per heavy atom. The van der Waals surface area contributed by atoms with Crippen LogP contribution in [-0.2, 0) is 16.0 Å². The second kappa shape index (κ2) is 8.97. The number of Topliss-reactive ketones (excluding diaryl/α,β-unsaturated/α-hetero) is 1. The molecule has 1 aromatic carbocycles. The molecule has 0 aliphatic carbocycles. The Hall–Kier alpha value is -1.92. The Bertz CT molecular complexity index is 767. The topological polar surface area (TPSA) is 57.5 Å². The number of rotatable bonds is 8. The highest BCUT2D eigenvalue weighted by Gasteiger charge is 2.17. The van der Waals surface area contributed by atoms with Gasteiger partial charge in [-0.2, -0.15) is 0 Å². The first-order valence-corrected chi connectivity index (χ1v) is 8.85. The first-order chi connectivity index (χ1) is 11.9. The SMILES string of the molecule is COCCCn1c(C)cc(C(=O)COC(=O)c2cccc(Br)c2)c1C. The molecule has 0 bridgehead atoms. The molecule has 2 aromatic rings. The predicted octanol–water partition coefficient (Wildman–Crippen LogP) is 3.94. The van der Waals surface area contributed by atoms with E-state index in [1.165, 1.54) is 0 Å². The van der Waals surface area contributed by atoms with Crippen molar-refractivity contribution in [3.63, 3.8) is 0 Å². The van der Waals surface area contributed by atoms with E-state index in [1.54, 1.807) is 25.3 Å². The molecule has 1 aromatic heterocycles. The molecular formula is C19H22BrNO4. The zero-order chi connectivity index (χ0) is 18.4. The van der Waals surface area contributed by atoms with Gasteiger partial charge >= 0.3 is 5.97 Å². The lowest BCUT2D eigenvalue weighted by molar-refractivity contribution is 0.0474. The maximum absolute atomic E-state index is 12.4. The van der Waals surface area contributed by atoms with E-state index in [0.29, 0.717) is 17.7 Å². The predicted molar refractivity (Wildman–Crippen MR) is 99.2 cm³/mol. The van der Waals surface area contributed by atoms with Crippen LogP contribution in [0.4, 0.5) is 0 Å². The Morgan fingerprint density at radius 3 is 2.64 bits per heavy atom. The van der Waals surface area contributed by atoms with Gasteiger partial charge in [-0.25, -0.2) is 4.79 Å². The van der Waals surface area contributed by atoms with E-state index in [9.17, 15) is 9.59 Å². The van der Waals surface area contributed by atoms with Gasteiger partial charge in [-0.05, 0) is 44.5 Å². The first-order valence-electron chi connectivity index (χ1n) is 8.05. The molecule has 5 nitrogen and oxygen atoms in total. The number of carbonyl (C=O) groups is 2. The van der Waals surface area contributed by atoms with Crippen LogP contribution in [0.5, 0.6) is 0 Å². The van der Waals surface area contributed by atoms with Crippen molar-refractivity contribution in [1.29, 1.82) is 0 Å². The Labute approximate surface area is 156 Å². The van der Waals surface area contributed by atoms with Crippen LogP contribution in [0.2, 0.25) is 0 Å². The fraction of sp³-hybridized carbons (Fsp3) is 0.368. The summed E-state index contributed by atoms with van der Waals surface area (Å²) in [7, 11) is 1.67. The quantitative estimate of drug-likeness (QED) is 0.377. The minimum absolute atomic E-state index is 0.200. The van der Waals surface area contributed by atoms with Gasteiger partial charge in [0, 0.05) is 41.7 Å². The van der Waals surface area contributed by atoms with Crippen molar-refractivity contribution < 1.29 is 19.1 Å². The van der Waals surface area contributed by atoms with Crippen LogP contribution < -0.4 is 0 Å². The fourth-order valence-corrected chi connectivity index (χ4v) is 3.10. The molecule has 25 heavy (non-hydrogen) atoms. The molecule has 2 rings (SSSR count). The van der Waals surface area contributed by atoms with E-state index in [2.05, 4.69) is 20.5 Å². The van der Waals surface area contributed by atoms with Crippen molar-refractivity contribution in [3.8, 4) is 0 Å². The number of nitrogens with zero attached hydrogens (tertiary/aromatic N) is 1. The van der Waals surface area contributed by atoms with Gasteiger partial charge in [-0.3, -0.25) is 4.79 Å². The number of esters is 1. The maximum Gasteiger partial charge on any atom is 0.338 e. The van der Waals surface area contributed by atoms with Gasteiger partial charge in [0.25, 0.3) is 0 Å². The molecule has 6 heteroatoms. The highest BCUT2D eigenvalue weighted by molar-refractivity contribution is 9.10. The van der Waals surface area contributed by atoms with Gasteiger partial charge in [-0.15, -0.1) is 0 Å². The zero-order valence-corrected chi connectivity index (χ0v) is 16.3. The third-order valence-electron chi connectivity index (χ3n) is 4.00. The second-order valence-corrected chi connectivity index (χ2v) is 6.71. The summed E-state index contributed by atoms with van der Waals surface area (Å²) in [6.07, 6.45) is 0.873. The molecule has 1 heterocycles. The molecule has 0 radical (unpaired) electrons. The van der Waals surface area contributed by atoms with E-state index in [-0.39, 0.29) is 12.4 Å². The first kappa shape index (κ1) is 19.4. The van der Waals surface area contributed by atoms with Crippen molar-refractivity contribution in [2.75, 3.05) is 20.3 Å². The number of methoxy groups -OCH3 is 1. The molecule has 0 aliphatic rings.